The molecular formula is C21H15Cl2F3N4O3. The van der Waals surface area contributed by atoms with E-state index in [4.69, 9.17) is 32.5 Å². The Hall–Kier alpha value is -3.11. The quantitative estimate of drug-likeness (QED) is 0.522. The first-order chi connectivity index (χ1) is 15.6. The van der Waals surface area contributed by atoms with Crippen LogP contribution in [-0.2, 0) is 17.0 Å². The minimum Gasteiger partial charge on any atom is -0.426 e. The molecule has 1 aliphatic heterocycles. The molecule has 1 unspecified atom stereocenters. The van der Waals surface area contributed by atoms with Gasteiger partial charge in [0.1, 0.15) is 0 Å². The standard InChI is InChI=1S/C21H15Cl2F3N4O3/c1-11-4-12(2-3-16(11)19(31)27-9-18-29-28-10-32-18)17-8-20(33-30-17,21(24,25)26)13-5-14(22)7-15(23)6-13/h2-7,10H,8-9H2,1H3,(H,27,31). The van der Waals surface area contributed by atoms with Crippen LogP contribution in [0.25, 0.3) is 0 Å². The van der Waals surface area contributed by atoms with Gasteiger partial charge in [-0.15, -0.1) is 10.2 Å². The Morgan fingerprint density at radius 1 is 1.18 bits per heavy atom. The zero-order valence-electron chi connectivity index (χ0n) is 16.9. The van der Waals surface area contributed by atoms with E-state index in [2.05, 4.69) is 20.7 Å². The molecule has 0 bridgehead atoms. The van der Waals surface area contributed by atoms with Crippen LogP contribution in [-0.4, -0.2) is 28.0 Å². The van der Waals surface area contributed by atoms with Crippen LogP contribution in [0.5, 0.6) is 0 Å². The van der Waals surface area contributed by atoms with Gasteiger partial charge in [-0.05, 0) is 48.4 Å². The first kappa shape index (κ1) is 23.1. The maximum Gasteiger partial charge on any atom is 0.435 e. The van der Waals surface area contributed by atoms with Gasteiger partial charge in [0.05, 0.1) is 12.3 Å². The number of aryl methyl sites for hydroxylation is 1. The third-order valence-corrected chi connectivity index (χ3v) is 5.56. The zero-order chi connectivity index (χ0) is 23.8. The van der Waals surface area contributed by atoms with E-state index in [-0.39, 0.29) is 33.8 Å². The van der Waals surface area contributed by atoms with Gasteiger partial charge in [0.2, 0.25) is 12.3 Å². The highest BCUT2D eigenvalue weighted by atomic mass is 35.5. The van der Waals surface area contributed by atoms with Gasteiger partial charge < -0.3 is 14.6 Å². The number of carbonyl (C=O) groups excluding carboxylic acids is 1. The highest BCUT2D eigenvalue weighted by Crippen LogP contribution is 2.49. The maximum absolute atomic E-state index is 14.2. The lowest BCUT2D eigenvalue weighted by Crippen LogP contribution is -2.42. The summed E-state index contributed by atoms with van der Waals surface area (Å²) in [6, 6.07) is 8.22. The minimum atomic E-state index is -4.80. The molecule has 12 heteroatoms. The Kier molecular flexibility index (Phi) is 6.06. The molecule has 1 aliphatic rings. The molecule has 2 heterocycles. The van der Waals surface area contributed by atoms with Gasteiger partial charge in [-0.25, -0.2) is 0 Å². The van der Waals surface area contributed by atoms with E-state index in [0.29, 0.717) is 16.7 Å². The monoisotopic (exact) mass is 498 g/mol. The third kappa shape index (κ3) is 4.53. The van der Waals surface area contributed by atoms with Crippen molar-refractivity contribution in [1.29, 1.82) is 0 Å². The SMILES string of the molecule is Cc1cc(C2=NOC(c3cc(Cl)cc(Cl)c3)(C(F)(F)F)C2)ccc1C(=O)NCc1nnco1. The van der Waals surface area contributed by atoms with Crippen molar-refractivity contribution >= 4 is 34.8 Å². The summed E-state index contributed by atoms with van der Waals surface area (Å²) in [5.41, 5.74) is -1.65. The number of nitrogens with zero attached hydrogens (tertiary/aromatic N) is 3. The van der Waals surface area contributed by atoms with Gasteiger partial charge in [-0.1, -0.05) is 34.4 Å². The maximum atomic E-state index is 14.2. The molecule has 0 fully saturated rings. The number of alkyl halides is 3. The number of aromatic nitrogens is 2. The molecule has 2 aromatic carbocycles. The summed E-state index contributed by atoms with van der Waals surface area (Å²) in [5, 5.41) is 13.6. The van der Waals surface area contributed by atoms with Crippen LogP contribution in [0.4, 0.5) is 13.2 Å². The first-order valence-electron chi connectivity index (χ1n) is 9.52. The van der Waals surface area contributed by atoms with E-state index in [1.165, 1.54) is 18.2 Å². The van der Waals surface area contributed by atoms with Gasteiger partial charge in [-0.3, -0.25) is 4.79 Å². The number of rotatable bonds is 5. The third-order valence-electron chi connectivity index (χ3n) is 5.12. The molecule has 172 valence electrons. The van der Waals surface area contributed by atoms with Crippen molar-refractivity contribution in [2.45, 2.75) is 31.7 Å². The smallest absolute Gasteiger partial charge is 0.426 e. The Labute approximate surface area is 195 Å². The van der Waals surface area contributed by atoms with Crippen LogP contribution in [0.15, 0.2) is 52.4 Å². The molecule has 33 heavy (non-hydrogen) atoms. The van der Waals surface area contributed by atoms with E-state index < -0.39 is 24.1 Å². The molecule has 1 aromatic heterocycles. The summed E-state index contributed by atoms with van der Waals surface area (Å²) in [6.45, 7) is 1.70. The Bertz CT molecular complexity index is 1210. The van der Waals surface area contributed by atoms with Gasteiger partial charge in [-0.2, -0.15) is 13.2 Å². The second kappa shape index (κ2) is 8.68. The van der Waals surface area contributed by atoms with E-state index in [1.54, 1.807) is 13.0 Å². The second-order valence-electron chi connectivity index (χ2n) is 7.33. The van der Waals surface area contributed by atoms with Crippen molar-refractivity contribution in [3.05, 3.63) is 81.0 Å². The fraction of sp³-hybridized carbons (Fsp3) is 0.238. The summed E-state index contributed by atoms with van der Waals surface area (Å²) in [7, 11) is 0. The average Bonchev–Trinajstić information content (AvgIpc) is 3.41. The predicted molar refractivity (Wildman–Crippen MR) is 113 cm³/mol. The summed E-state index contributed by atoms with van der Waals surface area (Å²) in [4.78, 5) is 17.5. The molecular weight excluding hydrogens is 484 g/mol. The van der Waals surface area contributed by atoms with Gasteiger partial charge in [0.15, 0.2) is 0 Å². The molecule has 7 nitrogen and oxygen atoms in total. The summed E-state index contributed by atoms with van der Waals surface area (Å²) >= 11 is 11.8. The number of amides is 1. The van der Waals surface area contributed by atoms with Crippen LogP contribution in [0.3, 0.4) is 0 Å². The molecule has 1 atom stereocenters. The van der Waals surface area contributed by atoms with Crippen molar-refractivity contribution in [2.24, 2.45) is 5.16 Å². The first-order valence-corrected chi connectivity index (χ1v) is 10.3. The number of benzene rings is 2. The van der Waals surface area contributed by atoms with Gasteiger partial charge in [0, 0.05) is 27.6 Å². The number of halogens is 5. The molecule has 0 radical (unpaired) electrons. The lowest BCUT2D eigenvalue weighted by molar-refractivity contribution is -0.275. The van der Waals surface area contributed by atoms with Crippen LogP contribution in [0, 0.1) is 6.92 Å². The van der Waals surface area contributed by atoms with E-state index in [0.717, 1.165) is 18.5 Å². The van der Waals surface area contributed by atoms with E-state index in [1.807, 2.05) is 0 Å². The van der Waals surface area contributed by atoms with E-state index >= 15 is 0 Å². The number of carbonyl (C=O) groups is 1. The van der Waals surface area contributed by atoms with Crippen LogP contribution >= 0.6 is 23.2 Å². The van der Waals surface area contributed by atoms with Crippen molar-refractivity contribution in [3.8, 4) is 0 Å². The summed E-state index contributed by atoms with van der Waals surface area (Å²) < 4.78 is 47.4. The molecule has 3 aromatic rings. The second-order valence-corrected chi connectivity index (χ2v) is 8.21. The molecule has 4 rings (SSSR count). The molecule has 0 spiro atoms. The number of nitrogens with one attached hydrogen (secondary N) is 1. The van der Waals surface area contributed by atoms with Crippen LogP contribution in [0.2, 0.25) is 10.0 Å². The van der Waals surface area contributed by atoms with Crippen molar-refractivity contribution < 1.29 is 27.2 Å². The molecule has 0 saturated heterocycles. The minimum absolute atomic E-state index is 0.0386. The fourth-order valence-corrected chi connectivity index (χ4v) is 3.99. The van der Waals surface area contributed by atoms with Crippen molar-refractivity contribution in [3.63, 3.8) is 0 Å². The largest absolute Gasteiger partial charge is 0.435 e. The number of hydrogen-bond donors (Lipinski definition) is 1. The van der Waals surface area contributed by atoms with Crippen LogP contribution in [0.1, 0.15) is 39.4 Å². The molecule has 0 aliphatic carbocycles. The Balaban J connectivity index is 1.57. The molecule has 0 saturated carbocycles. The predicted octanol–water partition coefficient (Wildman–Crippen LogP) is 5.20. The number of hydrogen-bond acceptors (Lipinski definition) is 6. The topological polar surface area (TPSA) is 89.6 Å². The van der Waals surface area contributed by atoms with Crippen LogP contribution < -0.4 is 5.32 Å². The van der Waals surface area contributed by atoms with Crippen molar-refractivity contribution in [2.75, 3.05) is 0 Å². The van der Waals surface area contributed by atoms with E-state index in [9.17, 15) is 18.0 Å². The molecule has 1 N–H and O–H groups in total. The summed E-state index contributed by atoms with van der Waals surface area (Å²) in [6.07, 6.45) is -4.24. The normalized spacial score (nSPS) is 18.1. The Morgan fingerprint density at radius 3 is 2.52 bits per heavy atom. The van der Waals surface area contributed by atoms with Crippen molar-refractivity contribution in [1.82, 2.24) is 15.5 Å². The average molecular weight is 499 g/mol. The fourth-order valence-electron chi connectivity index (χ4n) is 3.47. The summed E-state index contributed by atoms with van der Waals surface area (Å²) in [5.74, 6) is -0.167. The number of oxime groups is 1. The van der Waals surface area contributed by atoms with Gasteiger partial charge in [0.25, 0.3) is 11.5 Å². The highest BCUT2D eigenvalue weighted by Gasteiger charge is 2.62. The van der Waals surface area contributed by atoms with Gasteiger partial charge >= 0.3 is 6.18 Å². The molecule has 1 amide bonds. The zero-order valence-corrected chi connectivity index (χ0v) is 18.4. The lowest BCUT2D eigenvalue weighted by Gasteiger charge is -2.29. The lowest BCUT2D eigenvalue weighted by atomic mass is 9.86. The Morgan fingerprint density at radius 2 is 1.91 bits per heavy atom. The highest BCUT2D eigenvalue weighted by molar-refractivity contribution is 6.34.